The number of carbonyl (C=O) groups is 1. The molecule has 0 radical (unpaired) electrons. The summed E-state index contributed by atoms with van der Waals surface area (Å²) in [6.07, 6.45) is 0. The van der Waals surface area contributed by atoms with Crippen LogP contribution in [0.15, 0.2) is 78.9 Å². The van der Waals surface area contributed by atoms with Gasteiger partial charge in [-0.3, -0.25) is 4.79 Å². The first-order chi connectivity index (χ1) is 14.5. The fourth-order valence-corrected chi connectivity index (χ4v) is 2.89. The first-order valence-electron chi connectivity index (χ1n) is 9.91. The van der Waals surface area contributed by atoms with Gasteiger partial charge in [0.1, 0.15) is 18.1 Å². The SMILES string of the molecule is CN(Cc1ccc(N(C)C)cc1)C(=O)COc1ccc(OCc2ccccc2)cc1. The average molecular weight is 405 g/mol. The van der Waals surface area contributed by atoms with Crippen LogP contribution in [-0.4, -0.2) is 38.6 Å². The van der Waals surface area contributed by atoms with Gasteiger partial charge >= 0.3 is 0 Å². The Morgan fingerprint density at radius 3 is 1.93 bits per heavy atom. The minimum Gasteiger partial charge on any atom is -0.489 e. The number of benzene rings is 3. The van der Waals surface area contributed by atoms with Crippen LogP contribution in [0, 0.1) is 0 Å². The van der Waals surface area contributed by atoms with Crippen LogP contribution in [0.25, 0.3) is 0 Å². The Labute approximate surface area is 178 Å². The van der Waals surface area contributed by atoms with Crippen LogP contribution in [0.5, 0.6) is 11.5 Å². The lowest BCUT2D eigenvalue weighted by molar-refractivity contribution is -0.132. The summed E-state index contributed by atoms with van der Waals surface area (Å²) in [4.78, 5) is 16.1. The number of ether oxygens (including phenoxy) is 2. The Hall–Kier alpha value is -3.47. The molecule has 3 aromatic rings. The Balaban J connectivity index is 1.44. The summed E-state index contributed by atoms with van der Waals surface area (Å²) in [7, 11) is 5.79. The van der Waals surface area contributed by atoms with E-state index in [2.05, 4.69) is 0 Å². The monoisotopic (exact) mass is 404 g/mol. The number of likely N-dealkylation sites (N-methyl/N-ethyl adjacent to an activating group) is 1. The van der Waals surface area contributed by atoms with Gasteiger partial charge in [-0.05, 0) is 47.5 Å². The van der Waals surface area contributed by atoms with E-state index in [0.29, 0.717) is 18.9 Å². The number of nitrogens with zero attached hydrogens (tertiary/aromatic N) is 2. The maximum atomic E-state index is 12.4. The second-order valence-corrected chi connectivity index (χ2v) is 7.35. The van der Waals surface area contributed by atoms with E-state index in [1.165, 1.54) is 0 Å². The molecule has 0 atom stereocenters. The molecule has 0 aliphatic rings. The molecular formula is C25H28N2O3. The fraction of sp³-hybridized carbons (Fsp3) is 0.240. The van der Waals surface area contributed by atoms with E-state index in [0.717, 1.165) is 22.6 Å². The van der Waals surface area contributed by atoms with Crippen molar-refractivity contribution in [2.45, 2.75) is 13.2 Å². The standard InChI is InChI=1S/C25H28N2O3/c1-26(2)22-11-9-20(10-12-22)17-27(3)25(28)19-30-24-15-13-23(14-16-24)29-18-21-7-5-4-6-8-21/h4-16H,17-19H2,1-3H3. The summed E-state index contributed by atoms with van der Waals surface area (Å²) in [5.41, 5.74) is 3.33. The fourth-order valence-electron chi connectivity index (χ4n) is 2.89. The third-order valence-electron chi connectivity index (χ3n) is 4.73. The molecule has 0 aromatic heterocycles. The molecule has 0 saturated heterocycles. The van der Waals surface area contributed by atoms with Gasteiger partial charge in [-0.2, -0.15) is 0 Å². The molecule has 3 rings (SSSR count). The van der Waals surface area contributed by atoms with Gasteiger partial charge in [0.05, 0.1) is 0 Å². The first-order valence-corrected chi connectivity index (χ1v) is 9.91. The van der Waals surface area contributed by atoms with Crippen molar-refractivity contribution in [1.82, 2.24) is 4.90 Å². The Kier molecular flexibility index (Phi) is 7.33. The Bertz CT molecular complexity index is 923. The molecule has 0 unspecified atom stereocenters. The molecule has 0 aliphatic heterocycles. The summed E-state index contributed by atoms with van der Waals surface area (Å²) >= 11 is 0. The summed E-state index contributed by atoms with van der Waals surface area (Å²) < 4.78 is 11.4. The summed E-state index contributed by atoms with van der Waals surface area (Å²) in [5, 5.41) is 0. The maximum Gasteiger partial charge on any atom is 0.260 e. The average Bonchev–Trinajstić information content (AvgIpc) is 2.77. The molecule has 0 spiro atoms. The summed E-state index contributed by atoms with van der Waals surface area (Å²) in [6, 6.07) is 25.5. The molecule has 1 amide bonds. The Morgan fingerprint density at radius 2 is 1.33 bits per heavy atom. The third-order valence-corrected chi connectivity index (χ3v) is 4.73. The minimum absolute atomic E-state index is 0.00347. The molecule has 0 fully saturated rings. The second kappa shape index (κ2) is 10.3. The van der Waals surface area contributed by atoms with E-state index < -0.39 is 0 Å². The second-order valence-electron chi connectivity index (χ2n) is 7.35. The molecule has 0 bridgehead atoms. The van der Waals surface area contributed by atoms with Crippen molar-refractivity contribution in [2.24, 2.45) is 0 Å². The first kappa shape index (κ1) is 21.2. The smallest absolute Gasteiger partial charge is 0.260 e. The number of rotatable bonds is 9. The lowest BCUT2D eigenvalue weighted by Crippen LogP contribution is -2.30. The van der Waals surface area contributed by atoms with Crippen LogP contribution in [-0.2, 0) is 17.9 Å². The molecular weight excluding hydrogens is 376 g/mol. The molecule has 0 heterocycles. The molecule has 0 N–H and O–H groups in total. The van der Waals surface area contributed by atoms with Gasteiger partial charge in [-0.1, -0.05) is 42.5 Å². The summed E-state index contributed by atoms with van der Waals surface area (Å²) in [6.45, 7) is 1.05. The van der Waals surface area contributed by atoms with Gasteiger partial charge in [0, 0.05) is 33.4 Å². The Morgan fingerprint density at radius 1 is 0.733 bits per heavy atom. The van der Waals surface area contributed by atoms with Gasteiger partial charge in [0.25, 0.3) is 5.91 Å². The molecule has 3 aromatic carbocycles. The van der Waals surface area contributed by atoms with E-state index in [4.69, 9.17) is 9.47 Å². The predicted octanol–water partition coefficient (Wildman–Crippen LogP) is 4.37. The molecule has 0 saturated carbocycles. The van der Waals surface area contributed by atoms with Crippen molar-refractivity contribution in [3.63, 3.8) is 0 Å². The number of carbonyl (C=O) groups excluding carboxylic acids is 1. The van der Waals surface area contributed by atoms with Crippen molar-refractivity contribution in [1.29, 1.82) is 0 Å². The van der Waals surface area contributed by atoms with Gasteiger partial charge < -0.3 is 19.3 Å². The predicted molar refractivity (Wildman–Crippen MR) is 120 cm³/mol. The van der Waals surface area contributed by atoms with Crippen LogP contribution in [0.1, 0.15) is 11.1 Å². The minimum atomic E-state index is -0.0731. The van der Waals surface area contributed by atoms with Crippen LogP contribution in [0.3, 0.4) is 0 Å². The molecule has 30 heavy (non-hydrogen) atoms. The van der Waals surface area contributed by atoms with Crippen LogP contribution in [0.4, 0.5) is 5.69 Å². The van der Waals surface area contributed by atoms with Crippen LogP contribution < -0.4 is 14.4 Å². The molecule has 156 valence electrons. The normalized spacial score (nSPS) is 10.4. The lowest BCUT2D eigenvalue weighted by atomic mass is 10.2. The van der Waals surface area contributed by atoms with Crippen molar-refractivity contribution in [3.8, 4) is 11.5 Å². The van der Waals surface area contributed by atoms with E-state index in [1.807, 2.05) is 97.9 Å². The lowest BCUT2D eigenvalue weighted by Gasteiger charge is -2.19. The van der Waals surface area contributed by atoms with Gasteiger partial charge in [-0.25, -0.2) is 0 Å². The topological polar surface area (TPSA) is 42.0 Å². The number of amides is 1. The van der Waals surface area contributed by atoms with Crippen LogP contribution in [0.2, 0.25) is 0 Å². The molecule has 5 heteroatoms. The van der Waals surface area contributed by atoms with Gasteiger partial charge in [-0.15, -0.1) is 0 Å². The van der Waals surface area contributed by atoms with E-state index in [1.54, 1.807) is 11.9 Å². The summed E-state index contributed by atoms with van der Waals surface area (Å²) in [5.74, 6) is 1.33. The van der Waals surface area contributed by atoms with E-state index in [-0.39, 0.29) is 12.5 Å². The maximum absolute atomic E-state index is 12.4. The zero-order valence-corrected chi connectivity index (χ0v) is 17.7. The van der Waals surface area contributed by atoms with E-state index >= 15 is 0 Å². The number of hydrogen-bond acceptors (Lipinski definition) is 4. The van der Waals surface area contributed by atoms with Crippen molar-refractivity contribution < 1.29 is 14.3 Å². The molecule has 5 nitrogen and oxygen atoms in total. The highest BCUT2D eigenvalue weighted by Gasteiger charge is 2.10. The van der Waals surface area contributed by atoms with E-state index in [9.17, 15) is 4.79 Å². The van der Waals surface area contributed by atoms with Crippen LogP contribution >= 0.6 is 0 Å². The highest BCUT2D eigenvalue weighted by atomic mass is 16.5. The quantitative estimate of drug-likeness (QED) is 0.531. The highest BCUT2D eigenvalue weighted by Crippen LogP contribution is 2.19. The number of hydrogen-bond donors (Lipinski definition) is 0. The third kappa shape index (κ3) is 6.27. The zero-order chi connectivity index (χ0) is 21.3. The largest absolute Gasteiger partial charge is 0.489 e. The highest BCUT2D eigenvalue weighted by molar-refractivity contribution is 5.77. The molecule has 0 aliphatic carbocycles. The zero-order valence-electron chi connectivity index (χ0n) is 17.7. The van der Waals surface area contributed by atoms with Crippen molar-refractivity contribution >= 4 is 11.6 Å². The van der Waals surface area contributed by atoms with Gasteiger partial charge in [0.2, 0.25) is 0 Å². The number of anilines is 1. The van der Waals surface area contributed by atoms with Gasteiger partial charge in [0.15, 0.2) is 6.61 Å². The van der Waals surface area contributed by atoms with Crippen molar-refractivity contribution in [2.75, 3.05) is 32.6 Å². The van der Waals surface area contributed by atoms with Crippen molar-refractivity contribution in [3.05, 3.63) is 90.0 Å².